The molecule has 24 heavy (non-hydrogen) atoms. The molecule has 1 aromatic heterocycles. The van der Waals surface area contributed by atoms with Crippen LogP contribution in [0.15, 0.2) is 12.4 Å². The number of hydrogen-bond donors (Lipinski definition) is 2. The second-order valence-electron chi connectivity index (χ2n) is 7.50. The van der Waals surface area contributed by atoms with Crippen LogP contribution in [0.5, 0.6) is 0 Å². The Balaban J connectivity index is 2.60. The quantitative estimate of drug-likeness (QED) is 0.823. The Bertz CT molecular complexity index is 573. The van der Waals surface area contributed by atoms with Crippen molar-refractivity contribution in [3.8, 4) is 0 Å². The van der Waals surface area contributed by atoms with Gasteiger partial charge in [0.2, 0.25) is 5.91 Å². The third kappa shape index (κ3) is 6.99. The van der Waals surface area contributed by atoms with Crippen molar-refractivity contribution in [2.24, 2.45) is 0 Å². The van der Waals surface area contributed by atoms with Crippen LogP contribution in [-0.4, -0.2) is 58.5 Å². The SMILES string of the molecule is CN(C)CCn1cc(NC(=O)C(C)(C)NC(=O)OC(C)(C)C)cn1. The smallest absolute Gasteiger partial charge is 0.408 e. The molecule has 0 radical (unpaired) electrons. The first-order valence-corrected chi connectivity index (χ1v) is 7.89. The minimum Gasteiger partial charge on any atom is -0.444 e. The summed E-state index contributed by atoms with van der Waals surface area (Å²) in [5.74, 6) is -0.347. The summed E-state index contributed by atoms with van der Waals surface area (Å²) in [6, 6.07) is 0. The van der Waals surface area contributed by atoms with E-state index in [4.69, 9.17) is 4.74 Å². The molecule has 0 aliphatic heterocycles. The van der Waals surface area contributed by atoms with Gasteiger partial charge in [0.1, 0.15) is 11.1 Å². The average molecular weight is 339 g/mol. The number of hydrogen-bond acceptors (Lipinski definition) is 5. The van der Waals surface area contributed by atoms with Crippen molar-refractivity contribution in [1.82, 2.24) is 20.0 Å². The number of likely N-dealkylation sites (N-methyl/N-ethyl adjacent to an activating group) is 1. The number of nitrogens with one attached hydrogen (secondary N) is 2. The maximum Gasteiger partial charge on any atom is 0.408 e. The van der Waals surface area contributed by atoms with Crippen LogP contribution < -0.4 is 10.6 Å². The Morgan fingerprint density at radius 1 is 1.25 bits per heavy atom. The lowest BCUT2D eigenvalue weighted by Gasteiger charge is -2.27. The van der Waals surface area contributed by atoms with Gasteiger partial charge in [-0.3, -0.25) is 9.48 Å². The van der Waals surface area contributed by atoms with Crippen molar-refractivity contribution in [1.29, 1.82) is 0 Å². The van der Waals surface area contributed by atoms with Crippen LogP contribution in [0.3, 0.4) is 0 Å². The van der Waals surface area contributed by atoms with E-state index in [1.165, 1.54) is 0 Å². The summed E-state index contributed by atoms with van der Waals surface area (Å²) in [6.45, 7) is 10.1. The normalized spacial score (nSPS) is 12.2. The second-order valence-corrected chi connectivity index (χ2v) is 7.50. The second kappa shape index (κ2) is 7.65. The van der Waals surface area contributed by atoms with Gasteiger partial charge in [-0.15, -0.1) is 0 Å². The van der Waals surface area contributed by atoms with Crippen LogP contribution in [-0.2, 0) is 16.1 Å². The molecule has 0 bridgehead atoms. The van der Waals surface area contributed by atoms with Gasteiger partial charge < -0.3 is 20.3 Å². The topological polar surface area (TPSA) is 88.5 Å². The number of rotatable bonds is 6. The maximum absolute atomic E-state index is 12.4. The number of alkyl carbamates (subject to hydrolysis) is 1. The summed E-state index contributed by atoms with van der Waals surface area (Å²) in [5.41, 5.74) is -1.16. The first kappa shape index (κ1) is 20.0. The molecular formula is C16H29N5O3. The van der Waals surface area contributed by atoms with E-state index in [-0.39, 0.29) is 5.91 Å². The molecule has 0 spiro atoms. The number of carbonyl (C=O) groups is 2. The summed E-state index contributed by atoms with van der Waals surface area (Å²) in [4.78, 5) is 26.3. The van der Waals surface area contributed by atoms with Gasteiger partial charge in [0.25, 0.3) is 0 Å². The van der Waals surface area contributed by atoms with E-state index < -0.39 is 17.2 Å². The Morgan fingerprint density at radius 2 is 1.88 bits per heavy atom. The first-order valence-electron chi connectivity index (χ1n) is 7.89. The molecule has 8 nitrogen and oxygen atoms in total. The maximum atomic E-state index is 12.4. The molecule has 1 rings (SSSR count). The fraction of sp³-hybridized carbons (Fsp3) is 0.688. The lowest BCUT2D eigenvalue weighted by molar-refractivity contribution is -0.121. The fourth-order valence-electron chi connectivity index (χ4n) is 1.76. The zero-order chi connectivity index (χ0) is 18.5. The third-order valence-corrected chi connectivity index (χ3v) is 3.05. The van der Waals surface area contributed by atoms with Gasteiger partial charge >= 0.3 is 6.09 Å². The predicted octanol–water partition coefficient (Wildman–Crippen LogP) is 1.69. The van der Waals surface area contributed by atoms with Crippen LogP contribution in [0.1, 0.15) is 34.6 Å². The molecular weight excluding hydrogens is 310 g/mol. The van der Waals surface area contributed by atoms with Crippen molar-refractivity contribution in [2.75, 3.05) is 26.0 Å². The van der Waals surface area contributed by atoms with Crippen LogP contribution in [0, 0.1) is 0 Å². The zero-order valence-corrected chi connectivity index (χ0v) is 15.6. The van der Waals surface area contributed by atoms with Gasteiger partial charge in [0, 0.05) is 12.7 Å². The molecule has 0 aliphatic rings. The van der Waals surface area contributed by atoms with Crippen LogP contribution in [0.2, 0.25) is 0 Å². The number of nitrogens with zero attached hydrogens (tertiary/aromatic N) is 3. The molecule has 8 heteroatoms. The van der Waals surface area contributed by atoms with Gasteiger partial charge in [0.05, 0.1) is 18.4 Å². The van der Waals surface area contributed by atoms with E-state index >= 15 is 0 Å². The predicted molar refractivity (Wildman–Crippen MR) is 92.9 cm³/mol. The van der Waals surface area contributed by atoms with E-state index in [2.05, 4.69) is 15.7 Å². The van der Waals surface area contributed by atoms with Gasteiger partial charge in [-0.25, -0.2) is 4.79 Å². The van der Waals surface area contributed by atoms with Crippen LogP contribution in [0.4, 0.5) is 10.5 Å². The lowest BCUT2D eigenvalue weighted by atomic mass is 10.1. The van der Waals surface area contributed by atoms with Gasteiger partial charge in [0.15, 0.2) is 0 Å². The summed E-state index contributed by atoms with van der Waals surface area (Å²) in [5, 5.41) is 9.52. The molecule has 1 heterocycles. The Kier molecular flexibility index (Phi) is 6.36. The van der Waals surface area contributed by atoms with E-state index in [1.807, 2.05) is 19.0 Å². The van der Waals surface area contributed by atoms with Crippen LogP contribution in [0.25, 0.3) is 0 Å². The molecule has 0 fully saturated rings. The minimum atomic E-state index is -1.12. The molecule has 1 aromatic rings. The Morgan fingerprint density at radius 3 is 2.42 bits per heavy atom. The highest BCUT2D eigenvalue weighted by Gasteiger charge is 2.31. The van der Waals surface area contributed by atoms with E-state index in [0.29, 0.717) is 5.69 Å². The molecule has 0 aliphatic carbocycles. The van der Waals surface area contributed by atoms with Gasteiger partial charge in [-0.05, 0) is 48.7 Å². The fourth-order valence-corrected chi connectivity index (χ4v) is 1.76. The molecule has 0 unspecified atom stereocenters. The number of ether oxygens (including phenoxy) is 1. The average Bonchev–Trinajstić information content (AvgIpc) is 2.80. The number of aromatic nitrogens is 2. The Hall–Kier alpha value is -2.09. The minimum absolute atomic E-state index is 0.347. The molecule has 2 amide bonds. The summed E-state index contributed by atoms with van der Waals surface area (Å²) in [7, 11) is 3.97. The van der Waals surface area contributed by atoms with Crippen molar-refractivity contribution in [3.63, 3.8) is 0 Å². The molecule has 0 saturated carbocycles. The standard InChI is InChI=1S/C16H29N5O3/c1-15(2,3)24-14(23)19-16(4,5)13(22)18-12-10-17-21(11-12)9-8-20(6)7/h10-11H,8-9H2,1-7H3,(H,18,22)(H,19,23). The Labute approximate surface area is 143 Å². The largest absolute Gasteiger partial charge is 0.444 e. The van der Waals surface area contributed by atoms with Crippen molar-refractivity contribution >= 4 is 17.7 Å². The number of anilines is 1. The molecule has 0 atom stereocenters. The highest BCUT2D eigenvalue weighted by Crippen LogP contribution is 2.12. The summed E-state index contributed by atoms with van der Waals surface area (Å²) in [6.07, 6.45) is 2.70. The summed E-state index contributed by atoms with van der Waals surface area (Å²) >= 11 is 0. The summed E-state index contributed by atoms with van der Waals surface area (Å²) < 4.78 is 6.94. The third-order valence-electron chi connectivity index (χ3n) is 3.05. The number of amides is 2. The molecule has 0 aromatic carbocycles. The first-order chi connectivity index (χ1) is 10.9. The monoisotopic (exact) mass is 339 g/mol. The van der Waals surface area contributed by atoms with Crippen molar-refractivity contribution < 1.29 is 14.3 Å². The zero-order valence-electron chi connectivity index (χ0n) is 15.6. The molecule has 2 N–H and O–H groups in total. The lowest BCUT2D eigenvalue weighted by Crippen LogP contribution is -2.53. The highest BCUT2D eigenvalue weighted by atomic mass is 16.6. The van der Waals surface area contributed by atoms with Crippen molar-refractivity contribution in [3.05, 3.63) is 12.4 Å². The van der Waals surface area contributed by atoms with Gasteiger partial charge in [-0.2, -0.15) is 5.10 Å². The van der Waals surface area contributed by atoms with E-state index in [9.17, 15) is 9.59 Å². The van der Waals surface area contributed by atoms with Gasteiger partial charge in [-0.1, -0.05) is 0 Å². The van der Waals surface area contributed by atoms with E-state index in [0.717, 1.165) is 13.1 Å². The number of carbonyl (C=O) groups excluding carboxylic acids is 2. The van der Waals surface area contributed by atoms with Crippen LogP contribution >= 0.6 is 0 Å². The van der Waals surface area contributed by atoms with E-state index in [1.54, 1.807) is 51.7 Å². The highest BCUT2D eigenvalue weighted by molar-refractivity contribution is 5.99. The molecule has 136 valence electrons. The van der Waals surface area contributed by atoms with Crippen molar-refractivity contribution in [2.45, 2.75) is 52.3 Å². The molecule has 0 saturated heterocycles.